The first-order chi connectivity index (χ1) is 20.1. The van der Waals surface area contributed by atoms with Crippen LogP contribution in [0.1, 0.15) is 6.23 Å². The SMILES string of the molecule is COP(=O)(O)OP(=O)(O)OP(=O)(O)OC[C@H]1O[C@@H](n2cc(Sc3ccccc3-c3ccccc3)c(=O)[nH]c2=O)[C@H](O)[C@@H]1O. The van der Waals surface area contributed by atoms with E-state index in [0.29, 0.717) is 12.0 Å². The number of hydrogen-bond donors (Lipinski definition) is 6. The molecule has 0 amide bonds. The van der Waals surface area contributed by atoms with E-state index in [1.807, 2.05) is 42.5 Å². The Labute approximate surface area is 246 Å². The summed E-state index contributed by atoms with van der Waals surface area (Å²) >= 11 is 1.02. The predicted molar refractivity (Wildman–Crippen MR) is 148 cm³/mol. The zero-order chi connectivity index (χ0) is 31.6. The van der Waals surface area contributed by atoms with Crippen molar-refractivity contribution < 1.29 is 61.0 Å². The summed E-state index contributed by atoms with van der Waals surface area (Å²) in [5.41, 5.74) is -0.0803. The fourth-order valence-corrected chi connectivity index (χ4v) is 8.11. The normalized spacial score (nSPS) is 24.6. The summed E-state index contributed by atoms with van der Waals surface area (Å²) in [5, 5.41) is 21.0. The maximum absolute atomic E-state index is 12.7. The van der Waals surface area contributed by atoms with Gasteiger partial charge in [-0.1, -0.05) is 60.3 Å². The van der Waals surface area contributed by atoms with Crippen molar-refractivity contribution in [1.29, 1.82) is 0 Å². The lowest BCUT2D eigenvalue weighted by Crippen LogP contribution is -2.38. The summed E-state index contributed by atoms with van der Waals surface area (Å²) in [5.74, 6) is 0. The summed E-state index contributed by atoms with van der Waals surface area (Å²) in [7, 11) is -15.7. The van der Waals surface area contributed by atoms with Crippen LogP contribution in [0.15, 0.2) is 80.2 Å². The Morgan fingerprint density at radius 2 is 1.51 bits per heavy atom. The largest absolute Gasteiger partial charge is 0.490 e. The Hall–Kier alpha value is -2.24. The number of H-pyrrole nitrogens is 1. The zero-order valence-electron chi connectivity index (χ0n) is 21.8. The number of aliphatic hydroxyl groups is 2. The summed E-state index contributed by atoms with van der Waals surface area (Å²) in [6, 6.07) is 16.5. The molecule has 0 saturated carbocycles. The molecule has 4 rings (SSSR count). The van der Waals surface area contributed by atoms with E-state index in [9.17, 15) is 43.3 Å². The molecule has 2 aromatic carbocycles. The molecule has 6 N–H and O–H groups in total. The van der Waals surface area contributed by atoms with Crippen LogP contribution >= 0.6 is 35.2 Å². The highest BCUT2D eigenvalue weighted by atomic mass is 32.2. The van der Waals surface area contributed by atoms with Crippen LogP contribution in [0.25, 0.3) is 11.1 Å². The minimum Gasteiger partial charge on any atom is -0.387 e. The van der Waals surface area contributed by atoms with E-state index in [0.717, 1.165) is 33.7 Å². The molecule has 1 aliphatic heterocycles. The standard InChI is InChI=1S/C22H25N2O15P3S/c1-35-40(29,30)38-42(33,34)39-41(31,32)36-12-15-18(25)19(26)21(37-15)24-11-17(20(27)23-22(24)28)43-16-10-6-5-9-14(16)13-7-3-2-4-8-13/h2-11,15,18-19,21,25-26H,12H2,1H3,(H,29,30)(H,31,32)(H,33,34)(H,23,27,28)/t15-,18-,19-,21-/m1/s1. The maximum atomic E-state index is 12.7. The minimum atomic E-state index is -5.68. The number of aliphatic hydroxyl groups excluding tert-OH is 2. The lowest BCUT2D eigenvalue weighted by molar-refractivity contribution is -0.0545. The van der Waals surface area contributed by atoms with Gasteiger partial charge in [0.15, 0.2) is 6.23 Å². The van der Waals surface area contributed by atoms with Crippen LogP contribution in [-0.4, -0.2) is 66.5 Å². The van der Waals surface area contributed by atoms with Gasteiger partial charge in [-0.2, -0.15) is 8.62 Å². The second kappa shape index (κ2) is 13.4. The smallest absolute Gasteiger partial charge is 0.387 e. The molecule has 0 spiro atoms. The summed E-state index contributed by atoms with van der Waals surface area (Å²) < 4.78 is 57.6. The average molecular weight is 682 g/mol. The van der Waals surface area contributed by atoms with Crippen molar-refractivity contribution in [3.8, 4) is 11.1 Å². The lowest BCUT2D eigenvalue weighted by Gasteiger charge is -2.19. The fourth-order valence-electron chi connectivity index (χ4n) is 3.86. The molecule has 0 aliphatic carbocycles. The number of phosphoric ester groups is 2. The number of ether oxygens (including phenoxy) is 1. The van der Waals surface area contributed by atoms with Crippen molar-refractivity contribution in [1.82, 2.24) is 9.55 Å². The summed E-state index contributed by atoms with van der Waals surface area (Å²) in [6.07, 6.45) is -5.77. The number of phosphoric acid groups is 3. The van der Waals surface area contributed by atoms with Gasteiger partial charge in [-0.25, -0.2) is 18.5 Å². The number of benzene rings is 2. The molecule has 1 saturated heterocycles. The second-order valence-electron chi connectivity index (χ2n) is 8.72. The fraction of sp³-hybridized carbons (Fsp3) is 0.273. The first-order valence-corrected chi connectivity index (χ1v) is 17.2. The van der Waals surface area contributed by atoms with E-state index in [2.05, 4.69) is 22.7 Å². The molecule has 17 nitrogen and oxygen atoms in total. The third-order valence-corrected chi connectivity index (χ3v) is 11.1. The number of aromatic amines is 1. The van der Waals surface area contributed by atoms with Gasteiger partial charge in [-0.15, -0.1) is 0 Å². The van der Waals surface area contributed by atoms with Gasteiger partial charge in [0.25, 0.3) is 5.56 Å². The van der Waals surface area contributed by atoms with Crippen LogP contribution in [0.3, 0.4) is 0 Å². The van der Waals surface area contributed by atoms with Crippen molar-refractivity contribution in [3.05, 3.63) is 81.6 Å². The molecule has 7 atom stereocenters. The number of nitrogens with zero attached hydrogens (tertiary/aromatic N) is 1. The van der Waals surface area contributed by atoms with Gasteiger partial charge in [0, 0.05) is 18.2 Å². The molecule has 43 heavy (non-hydrogen) atoms. The molecule has 3 unspecified atom stereocenters. The van der Waals surface area contributed by atoms with E-state index in [-0.39, 0.29) is 4.90 Å². The van der Waals surface area contributed by atoms with E-state index in [4.69, 9.17) is 9.63 Å². The highest BCUT2D eigenvalue weighted by Gasteiger charge is 2.47. The highest BCUT2D eigenvalue weighted by molar-refractivity contribution is 7.99. The van der Waals surface area contributed by atoms with E-state index >= 15 is 0 Å². The molecular weight excluding hydrogens is 657 g/mol. The van der Waals surface area contributed by atoms with Gasteiger partial charge in [0.2, 0.25) is 0 Å². The van der Waals surface area contributed by atoms with Crippen molar-refractivity contribution in [2.75, 3.05) is 13.7 Å². The topological polar surface area (TPSA) is 253 Å². The number of rotatable bonds is 12. The average Bonchev–Trinajstić information content (AvgIpc) is 3.21. The molecule has 0 radical (unpaired) electrons. The van der Waals surface area contributed by atoms with Crippen molar-refractivity contribution in [3.63, 3.8) is 0 Å². The lowest BCUT2D eigenvalue weighted by atomic mass is 10.1. The van der Waals surface area contributed by atoms with Gasteiger partial charge < -0.3 is 29.6 Å². The van der Waals surface area contributed by atoms with Gasteiger partial charge in [-0.3, -0.25) is 23.4 Å². The van der Waals surface area contributed by atoms with Crippen LogP contribution in [0, 0.1) is 0 Å². The number of hydrogen-bond acceptors (Lipinski definition) is 13. The highest BCUT2D eigenvalue weighted by Crippen LogP contribution is 2.67. The van der Waals surface area contributed by atoms with Gasteiger partial charge in [-0.05, 0) is 17.2 Å². The molecule has 1 fully saturated rings. The molecule has 3 aromatic rings. The van der Waals surface area contributed by atoms with Crippen molar-refractivity contribution in [2.24, 2.45) is 0 Å². The quantitative estimate of drug-likeness (QED) is 0.149. The van der Waals surface area contributed by atoms with Crippen molar-refractivity contribution >= 4 is 35.2 Å². The number of nitrogens with one attached hydrogen (secondary N) is 1. The van der Waals surface area contributed by atoms with Crippen molar-refractivity contribution in [2.45, 2.75) is 34.3 Å². The summed E-state index contributed by atoms with van der Waals surface area (Å²) in [6.45, 7) is -1.05. The molecule has 1 aromatic heterocycles. The molecule has 1 aliphatic rings. The second-order valence-corrected chi connectivity index (χ2v) is 14.5. The monoisotopic (exact) mass is 682 g/mol. The molecule has 2 heterocycles. The van der Waals surface area contributed by atoms with Crippen LogP contribution < -0.4 is 11.2 Å². The van der Waals surface area contributed by atoms with E-state index in [1.165, 1.54) is 0 Å². The Morgan fingerprint density at radius 3 is 2.19 bits per heavy atom. The minimum absolute atomic E-state index is 0.0251. The third-order valence-electron chi connectivity index (χ3n) is 5.78. The van der Waals surface area contributed by atoms with Crippen LogP contribution in [-0.2, 0) is 36.1 Å². The van der Waals surface area contributed by atoms with Gasteiger partial charge >= 0.3 is 29.2 Å². The van der Waals surface area contributed by atoms with Crippen LogP contribution in [0.4, 0.5) is 0 Å². The predicted octanol–water partition coefficient (Wildman–Crippen LogP) is 1.97. The Bertz CT molecular complexity index is 1720. The third kappa shape index (κ3) is 8.48. The Morgan fingerprint density at radius 1 is 0.884 bits per heavy atom. The molecule has 0 bridgehead atoms. The van der Waals surface area contributed by atoms with Crippen LogP contribution in [0.5, 0.6) is 0 Å². The Kier molecular flexibility index (Phi) is 10.5. The van der Waals surface area contributed by atoms with Crippen LogP contribution in [0.2, 0.25) is 0 Å². The number of aromatic nitrogens is 2. The van der Waals surface area contributed by atoms with Gasteiger partial charge in [0.05, 0.1) is 11.5 Å². The summed E-state index contributed by atoms with van der Waals surface area (Å²) in [4.78, 5) is 56.5. The first kappa shape index (κ1) is 33.6. The van der Waals surface area contributed by atoms with E-state index in [1.54, 1.807) is 12.1 Å². The van der Waals surface area contributed by atoms with E-state index < -0.39 is 65.9 Å². The zero-order valence-corrected chi connectivity index (χ0v) is 25.3. The maximum Gasteiger partial charge on any atom is 0.490 e. The molecule has 21 heteroatoms. The molecular formula is C22H25N2O15P3S. The first-order valence-electron chi connectivity index (χ1n) is 11.9. The molecule has 234 valence electrons. The van der Waals surface area contributed by atoms with Gasteiger partial charge in [0.1, 0.15) is 18.3 Å². The Balaban J connectivity index is 1.51.